The Hall–Kier alpha value is -1.12. The van der Waals surface area contributed by atoms with Gasteiger partial charge in [0.25, 0.3) is 0 Å². The van der Waals surface area contributed by atoms with Crippen LogP contribution in [0.15, 0.2) is 36.4 Å². The molecule has 0 aliphatic carbocycles. The zero-order valence-electron chi connectivity index (χ0n) is 13.6. The Kier molecular flexibility index (Phi) is 6.01. The monoisotopic (exact) mass is 301 g/mol. The molecule has 0 spiro atoms. The standard InChI is InChI=1S/C19H27NS/c1-14(2)11-17-6-8-18(9-7-17)13-20-15(3)12-19-10-5-16(4)21-19/h5-10,14-15,20H,11-13H2,1-4H3. The normalized spacial score (nSPS) is 12.8. The van der Waals surface area contributed by atoms with Gasteiger partial charge in [0, 0.05) is 22.3 Å². The fourth-order valence-electron chi connectivity index (χ4n) is 2.53. The summed E-state index contributed by atoms with van der Waals surface area (Å²) in [6.45, 7) is 9.92. The van der Waals surface area contributed by atoms with Crippen LogP contribution in [0.4, 0.5) is 0 Å². The first kappa shape index (κ1) is 16.3. The molecule has 0 saturated heterocycles. The van der Waals surface area contributed by atoms with Crippen LogP contribution in [0.2, 0.25) is 0 Å². The molecule has 1 heterocycles. The van der Waals surface area contributed by atoms with E-state index in [2.05, 4.69) is 69.4 Å². The van der Waals surface area contributed by atoms with E-state index in [0.29, 0.717) is 6.04 Å². The number of hydrogen-bond donors (Lipinski definition) is 1. The lowest BCUT2D eigenvalue weighted by Crippen LogP contribution is -2.27. The molecule has 1 aromatic heterocycles. The molecule has 1 atom stereocenters. The van der Waals surface area contributed by atoms with Gasteiger partial charge in [-0.15, -0.1) is 11.3 Å². The molecule has 2 rings (SSSR count). The van der Waals surface area contributed by atoms with E-state index in [1.54, 1.807) is 0 Å². The maximum absolute atomic E-state index is 3.62. The molecule has 0 aliphatic heterocycles. The lowest BCUT2D eigenvalue weighted by atomic mass is 10.0. The van der Waals surface area contributed by atoms with Gasteiger partial charge in [-0.25, -0.2) is 0 Å². The number of thiophene rings is 1. The molecule has 1 N–H and O–H groups in total. The van der Waals surface area contributed by atoms with Crippen LogP contribution in [-0.4, -0.2) is 6.04 Å². The summed E-state index contributed by atoms with van der Waals surface area (Å²) < 4.78 is 0. The van der Waals surface area contributed by atoms with Crippen LogP contribution >= 0.6 is 11.3 Å². The second kappa shape index (κ2) is 7.77. The largest absolute Gasteiger partial charge is 0.310 e. The Balaban J connectivity index is 1.79. The molecule has 1 unspecified atom stereocenters. The van der Waals surface area contributed by atoms with Crippen molar-refractivity contribution in [1.29, 1.82) is 0 Å². The smallest absolute Gasteiger partial charge is 0.0208 e. The fraction of sp³-hybridized carbons (Fsp3) is 0.474. The van der Waals surface area contributed by atoms with E-state index in [-0.39, 0.29) is 0 Å². The van der Waals surface area contributed by atoms with Crippen molar-refractivity contribution < 1.29 is 0 Å². The average molecular weight is 301 g/mol. The maximum Gasteiger partial charge on any atom is 0.0208 e. The van der Waals surface area contributed by atoms with E-state index >= 15 is 0 Å². The predicted octanol–water partition coefficient (Wildman–Crippen LogP) is 4.98. The molecular formula is C19H27NS. The third-order valence-corrected chi connectivity index (χ3v) is 4.65. The fourth-order valence-corrected chi connectivity index (χ4v) is 3.54. The van der Waals surface area contributed by atoms with Crippen molar-refractivity contribution in [3.05, 3.63) is 57.3 Å². The first-order valence-electron chi connectivity index (χ1n) is 7.89. The number of benzene rings is 1. The minimum absolute atomic E-state index is 0.512. The highest BCUT2D eigenvalue weighted by atomic mass is 32.1. The Labute approximate surface area is 133 Å². The van der Waals surface area contributed by atoms with Crippen LogP contribution in [0.3, 0.4) is 0 Å². The summed E-state index contributed by atoms with van der Waals surface area (Å²) in [4.78, 5) is 2.87. The molecule has 0 aliphatic rings. The average Bonchev–Trinajstić information content (AvgIpc) is 2.83. The van der Waals surface area contributed by atoms with Crippen LogP contribution in [0, 0.1) is 12.8 Å². The summed E-state index contributed by atoms with van der Waals surface area (Å²) in [5.41, 5.74) is 2.81. The topological polar surface area (TPSA) is 12.0 Å². The molecule has 1 aromatic carbocycles. The second-order valence-corrected chi connectivity index (χ2v) is 7.79. The molecule has 114 valence electrons. The first-order chi connectivity index (χ1) is 10.0. The van der Waals surface area contributed by atoms with Gasteiger partial charge in [-0.3, -0.25) is 0 Å². The van der Waals surface area contributed by atoms with E-state index in [9.17, 15) is 0 Å². The molecular weight excluding hydrogens is 274 g/mol. The molecule has 0 bridgehead atoms. The van der Waals surface area contributed by atoms with E-state index in [4.69, 9.17) is 0 Å². The van der Waals surface area contributed by atoms with Crippen molar-refractivity contribution in [3.63, 3.8) is 0 Å². The number of nitrogens with one attached hydrogen (secondary N) is 1. The molecule has 2 aromatic rings. The van der Waals surface area contributed by atoms with Gasteiger partial charge in [0.15, 0.2) is 0 Å². The van der Waals surface area contributed by atoms with E-state index < -0.39 is 0 Å². The molecule has 0 amide bonds. The molecule has 21 heavy (non-hydrogen) atoms. The summed E-state index contributed by atoms with van der Waals surface area (Å²) in [6, 6.07) is 14.0. The Bertz CT molecular complexity index is 539. The molecule has 0 saturated carbocycles. The lowest BCUT2D eigenvalue weighted by Gasteiger charge is -2.13. The highest BCUT2D eigenvalue weighted by Gasteiger charge is 2.05. The van der Waals surface area contributed by atoms with Crippen LogP contribution in [0.5, 0.6) is 0 Å². The van der Waals surface area contributed by atoms with Crippen LogP contribution in [0.1, 0.15) is 41.7 Å². The Morgan fingerprint density at radius 3 is 2.14 bits per heavy atom. The third-order valence-electron chi connectivity index (χ3n) is 3.62. The van der Waals surface area contributed by atoms with Gasteiger partial charge in [-0.2, -0.15) is 0 Å². The molecule has 0 radical (unpaired) electrons. The third kappa shape index (κ3) is 5.64. The highest BCUT2D eigenvalue weighted by molar-refractivity contribution is 7.11. The first-order valence-corrected chi connectivity index (χ1v) is 8.71. The molecule has 1 nitrogen and oxygen atoms in total. The van der Waals surface area contributed by atoms with Crippen molar-refractivity contribution in [2.24, 2.45) is 5.92 Å². The number of hydrogen-bond acceptors (Lipinski definition) is 2. The Morgan fingerprint density at radius 2 is 1.57 bits per heavy atom. The van der Waals surface area contributed by atoms with Crippen molar-refractivity contribution >= 4 is 11.3 Å². The van der Waals surface area contributed by atoms with E-state index in [1.165, 1.54) is 27.3 Å². The summed E-state index contributed by atoms with van der Waals surface area (Å²) in [5, 5.41) is 3.62. The van der Waals surface area contributed by atoms with Gasteiger partial charge in [-0.05, 0) is 55.9 Å². The molecule has 0 fully saturated rings. The van der Waals surface area contributed by atoms with Gasteiger partial charge in [0.1, 0.15) is 0 Å². The van der Waals surface area contributed by atoms with Gasteiger partial charge < -0.3 is 5.32 Å². The highest BCUT2D eigenvalue weighted by Crippen LogP contribution is 2.17. The molecule has 2 heteroatoms. The van der Waals surface area contributed by atoms with E-state index in [0.717, 1.165) is 18.9 Å². The lowest BCUT2D eigenvalue weighted by molar-refractivity contribution is 0.548. The SMILES string of the molecule is Cc1ccc(CC(C)NCc2ccc(CC(C)C)cc2)s1. The van der Waals surface area contributed by atoms with Gasteiger partial charge in [0.2, 0.25) is 0 Å². The van der Waals surface area contributed by atoms with Crippen LogP contribution in [0.25, 0.3) is 0 Å². The number of rotatable bonds is 7. The van der Waals surface area contributed by atoms with Crippen molar-refractivity contribution in [2.75, 3.05) is 0 Å². The van der Waals surface area contributed by atoms with Gasteiger partial charge in [0.05, 0.1) is 0 Å². The van der Waals surface area contributed by atoms with Crippen molar-refractivity contribution in [1.82, 2.24) is 5.32 Å². The Morgan fingerprint density at radius 1 is 0.905 bits per heavy atom. The minimum atomic E-state index is 0.512. The maximum atomic E-state index is 3.62. The number of aryl methyl sites for hydroxylation is 1. The van der Waals surface area contributed by atoms with Crippen molar-refractivity contribution in [3.8, 4) is 0 Å². The summed E-state index contributed by atoms with van der Waals surface area (Å²) in [6.07, 6.45) is 2.28. The predicted molar refractivity (Wildman–Crippen MR) is 94.0 cm³/mol. The zero-order valence-corrected chi connectivity index (χ0v) is 14.5. The quantitative estimate of drug-likeness (QED) is 0.761. The van der Waals surface area contributed by atoms with Crippen LogP contribution < -0.4 is 5.32 Å². The summed E-state index contributed by atoms with van der Waals surface area (Å²) >= 11 is 1.91. The zero-order chi connectivity index (χ0) is 15.2. The van der Waals surface area contributed by atoms with Crippen LogP contribution in [-0.2, 0) is 19.4 Å². The second-order valence-electron chi connectivity index (χ2n) is 6.41. The van der Waals surface area contributed by atoms with Gasteiger partial charge >= 0.3 is 0 Å². The minimum Gasteiger partial charge on any atom is -0.310 e. The van der Waals surface area contributed by atoms with Gasteiger partial charge in [-0.1, -0.05) is 38.1 Å². The summed E-state index contributed by atoms with van der Waals surface area (Å²) in [5.74, 6) is 0.725. The summed E-state index contributed by atoms with van der Waals surface area (Å²) in [7, 11) is 0. The van der Waals surface area contributed by atoms with E-state index in [1.807, 2.05) is 11.3 Å². The van der Waals surface area contributed by atoms with Crippen molar-refractivity contribution in [2.45, 2.75) is 53.1 Å².